The zero-order valence-electron chi connectivity index (χ0n) is 16.8. The molecule has 1 saturated heterocycles. The molecule has 1 fully saturated rings. The standard InChI is InChI=1S/C21H26F3N3O3/c1-3-7-14(8-4-2)17-10-6-5-9-15(30-17)13-25-18-12-11-16(19(28)29)26-20(27-18)21(22,23)24/h3-4,7-8,11,15,17H,1,5-6,9-10,12-13H2,2H3,(H,28,29)(H,25,26,27)/b8-4-,14-7+/t15-,17+/m1/s1. The SMILES string of the molecule is C=C/C=C(\C=C/C)[C@@H]1CCCC[C@H](CNC2=NC(C(F)(F)F)=NC(C(=O)O)=CC2)O1. The molecule has 30 heavy (non-hydrogen) atoms. The summed E-state index contributed by atoms with van der Waals surface area (Å²) in [5.41, 5.74) is 0.311. The Morgan fingerprint density at radius 1 is 1.37 bits per heavy atom. The van der Waals surface area contributed by atoms with Gasteiger partial charge in [0.2, 0.25) is 5.84 Å². The lowest BCUT2D eigenvalue weighted by Crippen LogP contribution is -2.36. The molecule has 6 nitrogen and oxygen atoms in total. The van der Waals surface area contributed by atoms with Gasteiger partial charge in [-0.25, -0.2) is 14.8 Å². The van der Waals surface area contributed by atoms with E-state index >= 15 is 0 Å². The van der Waals surface area contributed by atoms with Crippen LogP contribution in [0.15, 0.2) is 58.2 Å². The minimum Gasteiger partial charge on any atom is -0.477 e. The molecule has 2 rings (SSSR count). The highest BCUT2D eigenvalue weighted by Crippen LogP contribution is 2.25. The van der Waals surface area contributed by atoms with E-state index in [0.717, 1.165) is 37.3 Å². The molecule has 0 spiro atoms. The summed E-state index contributed by atoms with van der Waals surface area (Å²) in [6.07, 6.45) is 6.78. The van der Waals surface area contributed by atoms with Crippen molar-refractivity contribution in [2.45, 2.75) is 57.4 Å². The average molecular weight is 425 g/mol. The predicted octanol–water partition coefficient (Wildman–Crippen LogP) is 4.32. The molecule has 2 aliphatic heterocycles. The smallest absolute Gasteiger partial charge is 0.451 e. The number of carboxylic acids is 1. The zero-order chi connectivity index (χ0) is 22.1. The van der Waals surface area contributed by atoms with Crippen LogP contribution in [0.3, 0.4) is 0 Å². The minimum atomic E-state index is -4.85. The summed E-state index contributed by atoms with van der Waals surface area (Å²) in [6, 6.07) is 0. The van der Waals surface area contributed by atoms with Gasteiger partial charge in [-0.15, -0.1) is 0 Å². The highest BCUT2D eigenvalue weighted by molar-refractivity contribution is 6.04. The van der Waals surface area contributed by atoms with Gasteiger partial charge in [0.1, 0.15) is 11.5 Å². The molecule has 164 valence electrons. The molecular weight excluding hydrogens is 399 g/mol. The molecule has 0 amide bonds. The second kappa shape index (κ2) is 10.9. The number of alkyl halides is 3. The number of hydrogen-bond acceptors (Lipinski definition) is 5. The molecule has 0 aromatic carbocycles. The van der Waals surface area contributed by atoms with Gasteiger partial charge in [-0.3, -0.25) is 0 Å². The Bertz CT molecular complexity index is 795. The number of nitrogens with one attached hydrogen (secondary N) is 1. The third-order valence-corrected chi connectivity index (χ3v) is 4.60. The number of ether oxygens (including phenoxy) is 1. The van der Waals surface area contributed by atoms with E-state index in [4.69, 9.17) is 9.84 Å². The van der Waals surface area contributed by atoms with E-state index < -0.39 is 23.7 Å². The summed E-state index contributed by atoms with van der Waals surface area (Å²) in [5, 5.41) is 11.9. The highest BCUT2D eigenvalue weighted by atomic mass is 19.4. The molecule has 0 aromatic rings. The molecular formula is C21H26F3N3O3. The summed E-state index contributed by atoms with van der Waals surface area (Å²) >= 11 is 0. The van der Waals surface area contributed by atoms with Gasteiger partial charge < -0.3 is 15.2 Å². The summed E-state index contributed by atoms with van der Waals surface area (Å²) < 4.78 is 45.6. The van der Waals surface area contributed by atoms with Crippen LogP contribution in [0, 0.1) is 0 Å². The highest BCUT2D eigenvalue weighted by Gasteiger charge is 2.38. The van der Waals surface area contributed by atoms with Crippen LogP contribution in [0.4, 0.5) is 13.2 Å². The lowest BCUT2D eigenvalue weighted by atomic mass is 10.0. The van der Waals surface area contributed by atoms with Crippen molar-refractivity contribution in [2.75, 3.05) is 6.54 Å². The second-order valence-electron chi connectivity index (χ2n) is 6.90. The van der Waals surface area contributed by atoms with Crippen LogP contribution in [0.1, 0.15) is 39.0 Å². The van der Waals surface area contributed by atoms with Crippen molar-refractivity contribution in [3.8, 4) is 0 Å². The van der Waals surface area contributed by atoms with E-state index in [1.165, 1.54) is 0 Å². The van der Waals surface area contributed by atoms with Gasteiger partial charge in [-0.1, -0.05) is 43.7 Å². The van der Waals surface area contributed by atoms with Crippen LogP contribution >= 0.6 is 0 Å². The van der Waals surface area contributed by atoms with Crippen molar-refractivity contribution in [1.82, 2.24) is 5.32 Å². The monoisotopic (exact) mass is 425 g/mol. The Hall–Kier alpha value is -2.68. The van der Waals surface area contributed by atoms with Crippen molar-refractivity contribution in [1.29, 1.82) is 0 Å². The number of carbonyl (C=O) groups is 1. The van der Waals surface area contributed by atoms with E-state index in [1.54, 1.807) is 6.08 Å². The fourth-order valence-electron chi connectivity index (χ4n) is 3.22. The number of carboxylic acid groups (broad SMARTS) is 1. The number of aliphatic imine (C=N–C) groups is 2. The molecule has 0 unspecified atom stereocenters. The molecule has 9 heteroatoms. The first-order valence-corrected chi connectivity index (χ1v) is 9.76. The summed E-state index contributed by atoms with van der Waals surface area (Å²) in [4.78, 5) is 17.8. The van der Waals surface area contributed by atoms with Crippen molar-refractivity contribution in [2.24, 2.45) is 9.98 Å². The summed E-state index contributed by atoms with van der Waals surface area (Å²) in [5.74, 6) is -3.02. The third kappa shape index (κ3) is 6.98. The van der Waals surface area contributed by atoms with Crippen molar-refractivity contribution >= 4 is 17.6 Å². The Morgan fingerprint density at radius 2 is 2.10 bits per heavy atom. The summed E-state index contributed by atoms with van der Waals surface area (Å²) in [7, 11) is 0. The maximum absolute atomic E-state index is 13.1. The van der Waals surface area contributed by atoms with E-state index in [2.05, 4.69) is 21.9 Å². The van der Waals surface area contributed by atoms with Crippen LogP contribution in [-0.4, -0.2) is 47.7 Å². The van der Waals surface area contributed by atoms with Crippen LogP contribution < -0.4 is 5.32 Å². The van der Waals surface area contributed by atoms with Crippen molar-refractivity contribution in [3.05, 3.63) is 48.2 Å². The Labute approximate surface area is 173 Å². The average Bonchev–Trinajstić information content (AvgIpc) is 3.04. The number of nitrogens with zero attached hydrogens (tertiary/aromatic N) is 2. The van der Waals surface area contributed by atoms with E-state index in [0.29, 0.717) is 0 Å². The molecule has 0 saturated carbocycles. The second-order valence-corrected chi connectivity index (χ2v) is 6.90. The van der Waals surface area contributed by atoms with Crippen molar-refractivity contribution in [3.63, 3.8) is 0 Å². The van der Waals surface area contributed by atoms with E-state index in [-0.39, 0.29) is 31.0 Å². The number of amidine groups is 2. The molecule has 2 aliphatic rings. The fourth-order valence-corrected chi connectivity index (χ4v) is 3.22. The molecule has 2 N–H and O–H groups in total. The maximum Gasteiger partial charge on any atom is 0.451 e. The van der Waals surface area contributed by atoms with Crippen molar-refractivity contribution < 1.29 is 27.8 Å². The molecule has 0 aliphatic carbocycles. The van der Waals surface area contributed by atoms with Gasteiger partial charge in [0.05, 0.1) is 12.2 Å². The number of halogens is 3. The largest absolute Gasteiger partial charge is 0.477 e. The maximum atomic E-state index is 13.1. The Balaban J connectivity index is 2.11. The first-order valence-electron chi connectivity index (χ1n) is 9.76. The minimum absolute atomic E-state index is 0.00188. The third-order valence-electron chi connectivity index (χ3n) is 4.60. The van der Waals surface area contributed by atoms with Gasteiger partial charge in [-0.2, -0.15) is 13.2 Å². The molecule has 0 radical (unpaired) electrons. The van der Waals surface area contributed by atoms with Gasteiger partial charge >= 0.3 is 12.1 Å². The number of rotatable bonds is 6. The lowest BCUT2D eigenvalue weighted by molar-refractivity contribution is -0.132. The first kappa shape index (κ1) is 23.6. The summed E-state index contributed by atoms with van der Waals surface area (Å²) in [6.45, 7) is 5.90. The number of hydrogen-bond donors (Lipinski definition) is 2. The lowest BCUT2D eigenvalue weighted by Gasteiger charge is -2.23. The van der Waals surface area contributed by atoms with Crippen LogP contribution in [0.2, 0.25) is 0 Å². The molecule has 0 bridgehead atoms. The van der Waals surface area contributed by atoms with Crippen LogP contribution in [0.25, 0.3) is 0 Å². The Kier molecular flexibility index (Phi) is 8.58. The molecule has 2 atom stereocenters. The fraction of sp³-hybridized carbons (Fsp3) is 0.476. The molecule has 2 heterocycles. The number of allylic oxidation sites excluding steroid dienone is 3. The van der Waals surface area contributed by atoms with Crippen LogP contribution in [-0.2, 0) is 9.53 Å². The van der Waals surface area contributed by atoms with E-state index in [1.807, 2.05) is 25.2 Å². The van der Waals surface area contributed by atoms with E-state index in [9.17, 15) is 18.0 Å². The van der Waals surface area contributed by atoms with Crippen LogP contribution in [0.5, 0.6) is 0 Å². The predicted molar refractivity (Wildman–Crippen MR) is 109 cm³/mol. The quantitative estimate of drug-likeness (QED) is 0.621. The van der Waals surface area contributed by atoms with Gasteiger partial charge in [0.15, 0.2) is 0 Å². The van der Waals surface area contributed by atoms with Gasteiger partial charge in [0.25, 0.3) is 0 Å². The first-order chi connectivity index (χ1) is 14.2. The van der Waals surface area contributed by atoms with Gasteiger partial charge in [-0.05, 0) is 31.4 Å². The van der Waals surface area contributed by atoms with Gasteiger partial charge in [0, 0.05) is 13.0 Å². The topological polar surface area (TPSA) is 83.3 Å². The normalized spacial score (nSPS) is 23.7. The zero-order valence-corrected chi connectivity index (χ0v) is 16.8. The molecule has 0 aromatic heterocycles. The number of aliphatic carboxylic acids is 1. The Morgan fingerprint density at radius 3 is 2.73 bits per heavy atom.